The number of hydrogen-bond donors (Lipinski definition) is 0. The topological polar surface area (TPSA) is 83.8 Å². The van der Waals surface area contributed by atoms with E-state index < -0.39 is 20.6 Å². The molecule has 7 nitrogen and oxygen atoms in total. The van der Waals surface area contributed by atoms with E-state index in [1.165, 1.54) is 16.4 Å². The van der Waals surface area contributed by atoms with Crippen molar-refractivity contribution < 1.29 is 13.3 Å². The zero-order chi connectivity index (χ0) is 22.6. The van der Waals surface area contributed by atoms with Crippen LogP contribution < -0.4 is 4.90 Å². The first-order valence-corrected chi connectivity index (χ1v) is 11.2. The summed E-state index contributed by atoms with van der Waals surface area (Å²) in [4.78, 5) is 12.3. The molecule has 9 heteroatoms. The Morgan fingerprint density at radius 1 is 0.903 bits per heavy atom. The SMILES string of the molecule is CN(C)c1ccc(CN(Cc2ccccc2)S(=O)(=O)c2ccc(Cl)c([N+](=O)[O-])c2)cc1. The fourth-order valence-electron chi connectivity index (χ4n) is 3.06. The van der Waals surface area contributed by atoms with E-state index in [0.717, 1.165) is 22.9 Å². The third-order valence-corrected chi connectivity index (χ3v) is 6.87. The second-order valence-corrected chi connectivity index (χ2v) is 9.54. The van der Waals surface area contributed by atoms with Crippen LogP contribution in [0.2, 0.25) is 5.02 Å². The molecule has 3 aromatic carbocycles. The van der Waals surface area contributed by atoms with Crippen molar-refractivity contribution in [1.29, 1.82) is 0 Å². The maximum Gasteiger partial charge on any atom is 0.289 e. The van der Waals surface area contributed by atoms with E-state index in [1.807, 2.05) is 73.6 Å². The lowest BCUT2D eigenvalue weighted by Gasteiger charge is -2.23. The molecule has 0 spiro atoms. The quantitative estimate of drug-likeness (QED) is 0.360. The highest BCUT2D eigenvalue weighted by Gasteiger charge is 2.28. The van der Waals surface area contributed by atoms with Crippen molar-refractivity contribution in [2.45, 2.75) is 18.0 Å². The Labute approximate surface area is 186 Å². The summed E-state index contributed by atoms with van der Waals surface area (Å²) in [6, 6.07) is 20.3. The molecule has 0 fully saturated rings. The molecule has 3 rings (SSSR count). The Balaban J connectivity index is 2.00. The number of halogens is 1. The molecular weight excluding hydrogens is 438 g/mol. The van der Waals surface area contributed by atoms with Gasteiger partial charge in [-0.05, 0) is 35.4 Å². The van der Waals surface area contributed by atoms with Gasteiger partial charge in [-0.3, -0.25) is 10.1 Å². The first-order chi connectivity index (χ1) is 14.7. The van der Waals surface area contributed by atoms with Gasteiger partial charge in [0.25, 0.3) is 5.69 Å². The number of nitro groups is 1. The fourth-order valence-corrected chi connectivity index (χ4v) is 4.68. The van der Waals surface area contributed by atoms with Crippen LogP contribution >= 0.6 is 11.6 Å². The number of nitro benzene ring substituents is 1. The van der Waals surface area contributed by atoms with Gasteiger partial charge in [-0.15, -0.1) is 0 Å². The summed E-state index contributed by atoms with van der Waals surface area (Å²) in [5, 5.41) is 11.1. The molecule has 0 N–H and O–H groups in total. The molecule has 0 aliphatic carbocycles. The summed E-state index contributed by atoms with van der Waals surface area (Å²) < 4.78 is 28.2. The number of hydrogen-bond acceptors (Lipinski definition) is 5. The number of anilines is 1. The van der Waals surface area contributed by atoms with Crippen molar-refractivity contribution in [1.82, 2.24) is 4.31 Å². The molecule has 0 radical (unpaired) electrons. The summed E-state index contributed by atoms with van der Waals surface area (Å²) in [5.74, 6) is 0. The summed E-state index contributed by atoms with van der Waals surface area (Å²) in [7, 11) is -0.186. The van der Waals surface area contributed by atoms with Gasteiger partial charge in [0.15, 0.2) is 0 Å². The van der Waals surface area contributed by atoms with Crippen LogP contribution in [0, 0.1) is 10.1 Å². The van der Waals surface area contributed by atoms with Crippen LogP contribution in [0.1, 0.15) is 11.1 Å². The van der Waals surface area contributed by atoms with Crippen LogP contribution in [0.4, 0.5) is 11.4 Å². The molecular formula is C22H22ClN3O4S. The van der Waals surface area contributed by atoms with Gasteiger partial charge in [0, 0.05) is 38.9 Å². The van der Waals surface area contributed by atoms with Gasteiger partial charge in [-0.2, -0.15) is 4.31 Å². The summed E-state index contributed by atoms with van der Waals surface area (Å²) in [6.07, 6.45) is 0. The number of sulfonamides is 1. The molecule has 0 amide bonds. The largest absolute Gasteiger partial charge is 0.378 e. The monoisotopic (exact) mass is 459 g/mol. The Kier molecular flexibility index (Phi) is 6.94. The maximum absolute atomic E-state index is 13.5. The molecule has 0 aromatic heterocycles. The van der Waals surface area contributed by atoms with Crippen molar-refractivity contribution in [3.8, 4) is 0 Å². The molecule has 0 saturated carbocycles. The van der Waals surface area contributed by atoms with Gasteiger partial charge in [0.05, 0.1) is 9.82 Å². The van der Waals surface area contributed by atoms with Crippen molar-refractivity contribution in [3.05, 3.63) is 99.1 Å². The minimum absolute atomic E-state index is 0.112. The lowest BCUT2D eigenvalue weighted by molar-refractivity contribution is -0.384. The Bertz CT molecular complexity index is 1170. The van der Waals surface area contributed by atoms with Gasteiger partial charge in [0.1, 0.15) is 5.02 Å². The standard InChI is InChI=1S/C22H22ClN3O4S/c1-24(2)19-10-8-18(9-11-19)16-25(15-17-6-4-3-5-7-17)31(29,30)20-12-13-21(23)22(14-20)26(27)28/h3-14H,15-16H2,1-2H3. The van der Waals surface area contributed by atoms with Crippen molar-refractivity contribution in [2.24, 2.45) is 0 Å². The molecule has 0 aliphatic heterocycles. The van der Waals surface area contributed by atoms with Crippen LogP contribution in [-0.2, 0) is 23.1 Å². The normalized spacial score (nSPS) is 11.5. The molecule has 0 atom stereocenters. The fraction of sp³-hybridized carbons (Fsp3) is 0.182. The van der Waals surface area contributed by atoms with E-state index >= 15 is 0 Å². The maximum atomic E-state index is 13.5. The zero-order valence-corrected chi connectivity index (χ0v) is 18.7. The zero-order valence-electron chi connectivity index (χ0n) is 17.1. The van der Waals surface area contributed by atoms with E-state index in [9.17, 15) is 18.5 Å². The molecule has 0 aliphatic rings. The van der Waals surface area contributed by atoms with Gasteiger partial charge in [0.2, 0.25) is 10.0 Å². The predicted molar refractivity (Wildman–Crippen MR) is 122 cm³/mol. The van der Waals surface area contributed by atoms with Crippen LogP contribution in [0.3, 0.4) is 0 Å². The lowest BCUT2D eigenvalue weighted by atomic mass is 10.2. The second kappa shape index (κ2) is 9.47. The highest BCUT2D eigenvalue weighted by molar-refractivity contribution is 7.89. The van der Waals surface area contributed by atoms with E-state index in [2.05, 4.69) is 0 Å². The molecule has 31 heavy (non-hydrogen) atoms. The van der Waals surface area contributed by atoms with E-state index in [1.54, 1.807) is 0 Å². The number of nitrogens with zero attached hydrogens (tertiary/aromatic N) is 3. The smallest absolute Gasteiger partial charge is 0.289 e. The van der Waals surface area contributed by atoms with Gasteiger partial charge >= 0.3 is 0 Å². The molecule has 0 heterocycles. The van der Waals surface area contributed by atoms with E-state index in [0.29, 0.717) is 0 Å². The minimum atomic E-state index is -4.04. The van der Waals surface area contributed by atoms with Gasteiger partial charge < -0.3 is 4.90 Å². The molecule has 0 unspecified atom stereocenters. The Hall–Kier alpha value is -2.94. The van der Waals surface area contributed by atoms with Crippen LogP contribution in [0.5, 0.6) is 0 Å². The average molecular weight is 460 g/mol. The first kappa shape index (κ1) is 22.7. The lowest BCUT2D eigenvalue weighted by Crippen LogP contribution is -2.30. The molecule has 162 valence electrons. The van der Waals surface area contributed by atoms with Crippen LogP contribution in [0.25, 0.3) is 0 Å². The van der Waals surface area contributed by atoms with Gasteiger partial charge in [-0.25, -0.2) is 8.42 Å². The highest BCUT2D eigenvalue weighted by Crippen LogP contribution is 2.30. The number of benzene rings is 3. The second-order valence-electron chi connectivity index (χ2n) is 7.19. The average Bonchev–Trinajstić information content (AvgIpc) is 2.74. The predicted octanol–water partition coefficient (Wildman–Crippen LogP) is 4.71. The molecule has 0 bridgehead atoms. The minimum Gasteiger partial charge on any atom is -0.378 e. The summed E-state index contributed by atoms with van der Waals surface area (Å²) >= 11 is 5.87. The van der Waals surface area contributed by atoms with Crippen LogP contribution in [0.15, 0.2) is 77.7 Å². The van der Waals surface area contributed by atoms with Crippen molar-refractivity contribution in [3.63, 3.8) is 0 Å². The Morgan fingerprint density at radius 3 is 2.03 bits per heavy atom. The molecule has 0 saturated heterocycles. The van der Waals surface area contributed by atoms with E-state index in [4.69, 9.17) is 11.6 Å². The number of rotatable bonds is 8. The third-order valence-electron chi connectivity index (χ3n) is 4.77. The third kappa shape index (κ3) is 5.41. The Morgan fingerprint density at radius 2 is 1.48 bits per heavy atom. The molecule has 3 aromatic rings. The summed E-state index contributed by atoms with van der Waals surface area (Å²) in [6.45, 7) is 0.233. The van der Waals surface area contributed by atoms with Crippen LogP contribution in [-0.4, -0.2) is 31.7 Å². The van der Waals surface area contributed by atoms with Crippen molar-refractivity contribution in [2.75, 3.05) is 19.0 Å². The first-order valence-electron chi connectivity index (χ1n) is 9.43. The van der Waals surface area contributed by atoms with E-state index in [-0.39, 0.29) is 23.0 Å². The van der Waals surface area contributed by atoms with Crippen molar-refractivity contribution >= 4 is 33.0 Å². The highest BCUT2D eigenvalue weighted by atomic mass is 35.5. The summed E-state index contributed by atoms with van der Waals surface area (Å²) in [5.41, 5.74) is 2.15. The van der Waals surface area contributed by atoms with Gasteiger partial charge in [-0.1, -0.05) is 54.1 Å².